The predicted octanol–water partition coefficient (Wildman–Crippen LogP) is 2.47. The van der Waals surface area contributed by atoms with E-state index < -0.39 is 0 Å². The van der Waals surface area contributed by atoms with Crippen LogP contribution < -0.4 is 15.2 Å². The lowest BCUT2D eigenvalue weighted by molar-refractivity contribution is 0.282. The van der Waals surface area contributed by atoms with Crippen molar-refractivity contribution >= 4 is 5.69 Å². The zero-order valence-corrected chi connectivity index (χ0v) is 11.6. The topological polar surface area (TPSA) is 70.3 Å². The molecular formula is C15H19N3O2. The molecule has 2 rings (SSSR count). The smallest absolute Gasteiger partial charge is 0.240 e. The van der Waals surface area contributed by atoms with Gasteiger partial charge < -0.3 is 15.2 Å². The summed E-state index contributed by atoms with van der Waals surface area (Å²) in [4.78, 5) is 8.49. The first-order valence-corrected chi connectivity index (χ1v) is 6.71. The highest BCUT2D eigenvalue weighted by molar-refractivity contribution is 5.49. The number of ether oxygens (including phenoxy) is 2. The minimum Gasteiger partial charge on any atom is -0.477 e. The van der Waals surface area contributed by atoms with Gasteiger partial charge in [0.2, 0.25) is 11.8 Å². The van der Waals surface area contributed by atoms with E-state index in [1.165, 1.54) is 0 Å². The molecule has 20 heavy (non-hydrogen) atoms. The zero-order valence-electron chi connectivity index (χ0n) is 11.6. The molecule has 0 saturated carbocycles. The van der Waals surface area contributed by atoms with E-state index in [1.54, 1.807) is 18.3 Å². The maximum absolute atomic E-state index is 5.80. The van der Waals surface area contributed by atoms with Crippen molar-refractivity contribution in [2.45, 2.75) is 19.8 Å². The monoisotopic (exact) mass is 273 g/mol. The van der Waals surface area contributed by atoms with Crippen molar-refractivity contribution in [2.75, 3.05) is 18.9 Å². The minimum atomic E-state index is 0.433. The number of hydrogen-bond acceptors (Lipinski definition) is 5. The second-order valence-corrected chi connectivity index (χ2v) is 4.31. The molecule has 2 heterocycles. The first-order chi connectivity index (χ1) is 9.79. The Labute approximate surface area is 118 Å². The molecule has 0 atom stereocenters. The van der Waals surface area contributed by atoms with Crippen LogP contribution in [0, 0.1) is 0 Å². The predicted molar refractivity (Wildman–Crippen MR) is 77.9 cm³/mol. The van der Waals surface area contributed by atoms with Crippen LogP contribution in [0.2, 0.25) is 0 Å². The summed E-state index contributed by atoms with van der Waals surface area (Å²) < 4.78 is 11.1. The highest BCUT2D eigenvalue weighted by atomic mass is 16.5. The van der Waals surface area contributed by atoms with E-state index in [0.717, 1.165) is 18.5 Å². The summed E-state index contributed by atoms with van der Waals surface area (Å²) in [7, 11) is 0. The summed E-state index contributed by atoms with van der Waals surface area (Å²) >= 11 is 0. The van der Waals surface area contributed by atoms with E-state index in [0.29, 0.717) is 30.7 Å². The summed E-state index contributed by atoms with van der Waals surface area (Å²) in [6, 6.07) is 9.31. The average molecular weight is 273 g/mol. The number of anilines is 1. The summed E-state index contributed by atoms with van der Waals surface area (Å²) in [5.41, 5.74) is 7.31. The molecule has 0 spiro atoms. The highest BCUT2D eigenvalue weighted by Crippen LogP contribution is 2.22. The second-order valence-electron chi connectivity index (χ2n) is 4.31. The molecule has 106 valence electrons. The van der Waals surface area contributed by atoms with Gasteiger partial charge in [-0.15, -0.1) is 0 Å². The third-order valence-corrected chi connectivity index (χ3v) is 2.64. The molecule has 2 aromatic rings. The van der Waals surface area contributed by atoms with E-state index in [1.807, 2.05) is 25.1 Å². The fourth-order valence-corrected chi connectivity index (χ4v) is 1.64. The van der Waals surface area contributed by atoms with Crippen LogP contribution in [0.5, 0.6) is 11.8 Å². The van der Waals surface area contributed by atoms with E-state index in [2.05, 4.69) is 9.97 Å². The first-order valence-electron chi connectivity index (χ1n) is 6.71. The molecule has 0 aliphatic carbocycles. The van der Waals surface area contributed by atoms with Gasteiger partial charge in [0, 0.05) is 24.4 Å². The van der Waals surface area contributed by atoms with Crippen LogP contribution in [0.1, 0.15) is 19.0 Å². The van der Waals surface area contributed by atoms with E-state index >= 15 is 0 Å². The molecule has 0 aromatic carbocycles. The normalized spacial score (nSPS) is 10.2. The first kappa shape index (κ1) is 14.1. The van der Waals surface area contributed by atoms with Crippen molar-refractivity contribution < 1.29 is 9.47 Å². The Kier molecular flexibility index (Phi) is 5.17. The van der Waals surface area contributed by atoms with Crippen molar-refractivity contribution in [3.63, 3.8) is 0 Å². The largest absolute Gasteiger partial charge is 0.477 e. The zero-order chi connectivity index (χ0) is 14.2. The molecule has 0 amide bonds. The van der Waals surface area contributed by atoms with Gasteiger partial charge >= 0.3 is 0 Å². The van der Waals surface area contributed by atoms with Crippen LogP contribution in [0.25, 0.3) is 0 Å². The van der Waals surface area contributed by atoms with Gasteiger partial charge in [0.15, 0.2) is 0 Å². The summed E-state index contributed by atoms with van der Waals surface area (Å²) in [5, 5.41) is 0. The third kappa shape index (κ3) is 4.12. The number of pyridine rings is 2. The molecule has 5 heteroatoms. The molecule has 5 nitrogen and oxygen atoms in total. The van der Waals surface area contributed by atoms with Gasteiger partial charge in [-0.3, -0.25) is 4.98 Å². The fraction of sp³-hybridized carbons (Fsp3) is 0.333. The lowest BCUT2D eigenvalue weighted by Gasteiger charge is -2.09. The standard InChI is InChI=1S/C15H19N3O2/c1-2-10-20-15-13(16)6-7-14(18-15)19-11-8-12-5-3-4-9-17-12/h3-7,9H,2,8,10-11,16H2,1H3. The van der Waals surface area contributed by atoms with Gasteiger partial charge in [-0.25, -0.2) is 0 Å². The van der Waals surface area contributed by atoms with Crippen LogP contribution >= 0.6 is 0 Å². The van der Waals surface area contributed by atoms with Gasteiger partial charge in [0.1, 0.15) is 0 Å². The Morgan fingerprint density at radius 2 is 2.00 bits per heavy atom. The number of aromatic nitrogens is 2. The lowest BCUT2D eigenvalue weighted by Crippen LogP contribution is -2.06. The van der Waals surface area contributed by atoms with Crippen LogP contribution in [0.3, 0.4) is 0 Å². The van der Waals surface area contributed by atoms with Gasteiger partial charge in [0.05, 0.1) is 18.9 Å². The molecule has 0 fully saturated rings. The number of nitrogen functional groups attached to an aromatic ring is 1. The minimum absolute atomic E-state index is 0.433. The van der Waals surface area contributed by atoms with Crippen molar-refractivity contribution in [1.82, 2.24) is 9.97 Å². The molecule has 0 saturated heterocycles. The maximum atomic E-state index is 5.80. The van der Waals surface area contributed by atoms with Gasteiger partial charge in [-0.2, -0.15) is 4.98 Å². The van der Waals surface area contributed by atoms with Crippen LogP contribution in [-0.4, -0.2) is 23.2 Å². The Morgan fingerprint density at radius 1 is 1.10 bits per heavy atom. The molecular weight excluding hydrogens is 254 g/mol. The van der Waals surface area contributed by atoms with Gasteiger partial charge in [-0.1, -0.05) is 13.0 Å². The quantitative estimate of drug-likeness (QED) is 0.839. The molecule has 2 aromatic heterocycles. The van der Waals surface area contributed by atoms with Crippen molar-refractivity contribution in [3.8, 4) is 11.8 Å². The number of nitrogens with zero attached hydrogens (tertiary/aromatic N) is 2. The molecule has 2 N–H and O–H groups in total. The molecule has 0 unspecified atom stereocenters. The number of nitrogens with two attached hydrogens (primary N) is 1. The Hall–Kier alpha value is -2.30. The number of hydrogen-bond donors (Lipinski definition) is 1. The Balaban J connectivity index is 1.89. The Bertz CT molecular complexity index is 532. The third-order valence-electron chi connectivity index (χ3n) is 2.64. The van der Waals surface area contributed by atoms with Crippen LogP contribution in [-0.2, 0) is 6.42 Å². The highest BCUT2D eigenvalue weighted by Gasteiger charge is 2.05. The summed E-state index contributed by atoms with van der Waals surface area (Å²) in [6.07, 6.45) is 3.41. The van der Waals surface area contributed by atoms with E-state index in [4.69, 9.17) is 15.2 Å². The SMILES string of the molecule is CCCOc1nc(OCCc2ccccn2)ccc1N. The summed E-state index contributed by atoms with van der Waals surface area (Å²) in [6.45, 7) is 3.14. The maximum Gasteiger partial charge on any atom is 0.240 e. The molecule has 0 bridgehead atoms. The fourth-order valence-electron chi connectivity index (χ4n) is 1.64. The molecule has 0 aliphatic rings. The molecule has 0 radical (unpaired) electrons. The molecule has 0 aliphatic heterocycles. The van der Waals surface area contributed by atoms with Crippen LogP contribution in [0.15, 0.2) is 36.5 Å². The number of rotatable bonds is 7. The van der Waals surface area contributed by atoms with Gasteiger partial charge in [-0.05, 0) is 24.6 Å². The van der Waals surface area contributed by atoms with Crippen molar-refractivity contribution in [3.05, 3.63) is 42.2 Å². The lowest BCUT2D eigenvalue weighted by atomic mass is 10.3. The van der Waals surface area contributed by atoms with E-state index in [9.17, 15) is 0 Å². The second kappa shape index (κ2) is 7.33. The summed E-state index contributed by atoms with van der Waals surface area (Å²) in [5.74, 6) is 0.948. The van der Waals surface area contributed by atoms with E-state index in [-0.39, 0.29) is 0 Å². The van der Waals surface area contributed by atoms with Crippen LogP contribution in [0.4, 0.5) is 5.69 Å². The van der Waals surface area contributed by atoms with Crippen molar-refractivity contribution in [1.29, 1.82) is 0 Å². The van der Waals surface area contributed by atoms with Crippen molar-refractivity contribution in [2.24, 2.45) is 0 Å². The Morgan fingerprint density at radius 3 is 2.75 bits per heavy atom. The van der Waals surface area contributed by atoms with Gasteiger partial charge in [0.25, 0.3) is 0 Å². The average Bonchev–Trinajstić information content (AvgIpc) is 2.49.